The number of hydrogen-bond donors (Lipinski definition) is 2. The summed E-state index contributed by atoms with van der Waals surface area (Å²) in [7, 11) is 0. The summed E-state index contributed by atoms with van der Waals surface area (Å²) in [6, 6.07) is 0. The zero-order valence-electron chi connectivity index (χ0n) is 30.1. The predicted octanol–water partition coefficient (Wildman–Crippen LogP) is 10.6. The van der Waals surface area contributed by atoms with Gasteiger partial charge < -0.3 is 19.7 Å². The van der Waals surface area contributed by atoms with Crippen LogP contribution in [0.1, 0.15) is 162 Å². The van der Waals surface area contributed by atoms with E-state index in [0.29, 0.717) is 19.3 Å². The molecule has 0 heterocycles. The Morgan fingerprint density at radius 1 is 0.553 bits per heavy atom. The summed E-state index contributed by atoms with van der Waals surface area (Å²) in [5.74, 6) is -0.670. The first-order valence-electron chi connectivity index (χ1n) is 18.9. The molecule has 0 saturated heterocycles. The number of ether oxygens (including phenoxy) is 2. The van der Waals surface area contributed by atoms with Gasteiger partial charge in [0, 0.05) is 12.8 Å². The van der Waals surface area contributed by atoms with Crippen LogP contribution in [0.4, 0.5) is 0 Å². The number of unbranched alkanes of at least 4 members (excludes halogenated alkanes) is 15. The van der Waals surface area contributed by atoms with Crippen molar-refractivity contribution in [3.63, 3.8) is 0 Å². The van der Waals surface area contributed by atoms with E-state index in [1.807, 2.05) is 36.5 Å². The van der Waals surface area contributed by atoms with Crippen LogP contribution in [-0.4, -0.2) is 47.6 Å². The molecule has 47 heavy (non-hydrogen) atoms. The average Bonchev–Trinajstić information content (AvgIpc) is 3.06. The van der Waals surface area contributed by atoms with Gasteiger partial charge in [0.15, 0.2) is 0 Å². The first-order valence-corrected chi connectivity index (χ1v) is 18.9. The second kappa shape index (κ2) is 36.4. The van der Waals surface area contributed by atoms with Gasteiger partial charge in [-0.05, 0) is 44.9 Å². The summed E-state index contributed by atoms with van der Waals surface area (Å²) in [5, 5.41) is 19.9. The van der Waals surface area contributed by atoms with Crippen molar-refractivity contribution < 1.29 is 29.3 Å². The van der Waals surface area contributed by atoms with E-state index in [4.69, 9.17) is 9.47 Å². The number of carbonyl (C=O) groups excluding carboxylic acids is 2. The van der Waals surface area contributed by atoms with Crippen LogP contribution < -0.4 is 0 Å². The van der Waals surface area contributed by atoms with Crippen molar-refractivity contribution in [2.45, 2.75) is 174 Å². The maximum absolute atomic E-state index is 11.9. The van der Waals surface area contributed by atoms with Crippen LogP contribution in [0.5, 0.6) is 0 Å². The van der Waals surface area contributed by atoms with Crippen molar-refractivity contribution in [1.29, 1.82) is 0 Å². The molecule has 0 aliphatic rings. The second-order valence-electron chi connectivity index (χ2n) is 12.5. The molecule has 0 fully saturated rings. The van der Waals surface area contributed by atoms with Crippen LogP contribution in [0.15, 0.2) is 60.8 Å². The fourth-order valence-electron chi connectivity index (χ4n) is 4.97. The number of rotatable bonds is 33. The number of carbonyl (C=O) groups is 2. The lowest BCUT2D eigenvalue weighted by Crippen LogP contribution is -2.25. The maximum atomic E-state index is 11.9. The molecule has 0 rings (SSSR count). The third-order valence-electron chi connectivity index (χ3n) is 7.85. The third kappa shape index (κ3) is 36.2. The third-order valence-corrected chi connectivity index (χ3v) is 7.85. The molecule has 0 radical (unpaired) electrons. The van der Waals surface area contributed by atoms with Crippen LogP contribution in [0, 0.1) is 0 Å². The first kappa shape index (κ1) is 44.6. The molecule has 0 aromatic heterocycles. The van der Waals surface area contributed by atoms with E-state index in [9.17, 15) is 19.8 Å². The molecular weight excluding hydrogens is 588 g/mol. The van der Waals surface area contributed by atoms with Gasteiger partial charge >= 0.3 is 11.9 Å². The van der Waals surface area contributed by atoms with Crippen molar-refractivity contribution in [2.75, 3.05) is 13.2 Å². The fourth-order valence-corrected chi connectivity index (χ4v) is 4.97. The average molecular weight is 659 g/mol. The maximum Gasteiger partial charge on any atom is 0.305 e. The van der Waals surface area contributed by atoms with Gasteiger partial charge in [0.25, 0.3) is 0 Å². The Bertz CT molecular complexity index is 856. The van der Waals surface area contributed by atoms with Crippen molar-refractivity contribution >= 4 is 11.9 Å². The number of aliphatic hydroxyl groups is 2. The topological polar surface area (TPSA) is 93.1 Å². The molecule has 0 aromatic rings. The number of esters is 2. The molecule has 2 atom stereocenters. The lowest BCUT2D eigenvalue weighted by Gasteiger charge is -2.12. The van der Waals surface area contributed by atoms with Gasteiger partial charge in [-0.15, -0.1) is 0 Å². The number of aliphatic hydroxyl groups excluding tert-OH is 2. The van der Waals surface area contributed by atoms with Crippen LogP contribution in [0.25, 0.3) is 0 Å². The van der Waals surface area contributed by atoms with Gasteiger partial charge in [-0.25, -0.2) is 0 Å². The monoisotopic (exact) mass is 659 g/mol. The Balaban J connectivity index is 3.61. The van der Waals surface area contributed by atoms with Gasteiger partial charge in [-0.3, -0.25) is 9.59 Å². The molecule has 2 N–H and O–H groups in total. The van der Waals surface area contributed by atoms with Gasteiger partial charge in [-0.2, -0.15) is 0 Å². The zero-order chi connectivity index (χ0) is 34.5. The van der Waals surface area contributed by atoms with Gasteiger partial charge in [-0.1, -0.05) is 164 Å². The molecule has 6 heteroatoms. The van der Waals surface area contributed by atoms with E-state index in [-0.39, 0.29) is 31.6 Å². The highest BCUT2D eigenvalue weighted by atomic mass is 16.6. The summed E-state index contributed by atoms with van der Waals surface area (Å²) in [4.78, 5) is 23.9. The number of hydrogen-bond acceptors (Lipinski definition) is 6. The second-order valence-corrected chi connectivity index (χ2v) is 12.5. The largest absolute Gasteiger partial charge is 0.463 e. The highest BCUT2D eigenvalue weighted by molar-refractivity contribution is 5.69. The predicted molar refractivity (Wildman–Crippen MR) is 197 cm³/mol. The minimum Gasteiger partial charge on any atom is -0.463 e. The lowest BCUT2D eigenvalue weighted by atomic mass is 10.0. The fraction of sp³-hybridized carbons (Fsp3) is 0.707. The highest BCUT2D eigenvalue weighted by Crippen LogP contribution is 2.14. The van der Waals surface area contributed by atoms with Gasteiger partial charge in [0.2, 0.25) is 0 Å². The Labute approximate surface area is 288 Å². The number of allylic oxidation sites excluding steroid dienone is 8. The Morgan fingerprint density at radius 2 is 1.04 bits per heavy atom. The highest BCUT2D eigenvalue weighted by Gasteiger charge is 2.12. The zero-order valence-corrected chi connectivity index (χ0v) is 30.1. The van der Waals surface area contributed by atoms with Crippen molar-refractivity contribution in [3.05, 3.63) is 60.8 Å². The van der Waals surface area contributed by atoms with E-state index in [0.717, 1.165) is 44.9 Å². The molecule has 0 aliphatic heterocycles. The molecule has 0 aromatic carbocycles. The molecule has 0 spiro atoms. The summed E-state index contributed by atoms with van der Waals surface area (Å²) >= 11 is 0. The summed E-state index contributed by atoms with van der Waals surface area (Å²) < 4.78 is 10.3. The summed E-state index contributed by atoms with van der Waals surface area (Å²) in [5.41, 5.74) is 0. The minimum atomic E-state index is -1.00. The van der Waals surface area contributed by atoms with Crippen molar-refractivity contribution in [1.82, 2.24) is 0 Å². The molecule has 6 nitrogen and oxygen atoms in total. The van der Waals surface area contributed by atoms with E-state index >= 15 is 0 Å². The molecule has 270 valence electrons. The molecule has 0 bridgehead atoms. The Hall–Kier alpha value is -2.44. The van der Waals surface area contributed by atoms with Crippen LogP contribution >= 0.6 is 0 Å². The van der Waals surface area contributed by atoms with E-state index in [1.54, 1.807) is 6.08 Å². The van der Waals surface area contributed by atoms with Crippen LogP contribution in [-0.2, 0) is 19.1 Å². The minimum absolute atomic E-state index is 0.150. The Morgan fingerprint density at radius 3 is 1.62 bits per heavy atom. The SMILES string of the molecule is CC/C=C\C/C=C\CC(O)/C=C/C=C\C/C=C\CCCC(=O)OC[C@@H](O)COC(=O)CCCCCCCCCCCCCCCCC. The smallest absolute Gasteiger partial charge is 0.305 e. The van der Waals surface area contributed by atoms with Gasteiger partial charge in [0.1, 0.15) is 19.3 Å². The molecular formula is C41H70O6. The van der Waals surface area contributed by atoms with Crippen LogP contribution in [0.2, 0.25) is 0 Å². The summed E-state index contributed by atoms with van der Waals surface area (Å²) in [6.07, 6.45) is 43.1. The molecule has 1 unspecified atom stereocenters. The summed E-state index contributed by atoms with van der Waals surface area (Å²) in [6.45, 7) is 4.06. The molecule has 0 amide bonds. The quantitative estimate of drug-likeness (QED) is 0.0315. The van der Waals surface area contributed by atoms with Crippen LogP contribution in [0.3, 0.4) is 0 Å². The molecule has 0 saturated carbocycles. The Kier molecular flexibility index (Phi) is 34.5. The lowest BCUT2D eigenvalue weighted by molar-refractivity contribution is -0.152. The van der Waals surface area contributed by atoms with E-state index in [1.165, 1.54) is 77.0 Å². The van der Waals surface area contributed by atoms with E-state index < -0.39 is 12.2 Å². The van der Waals surface area contributed by atoms with E-state index in [2.05, 4.69) is 32.1 Å². The first-order chi connectivity index (χ1) is 23.0. The van der Waals surface area contributed by atoms with Gasteiger partial charge in [0.05, 0.1) is 6.10 Å². The van der Waals surface area contributed by atoms with Crippen molar-refractivity contribution in [3.8, 4) is 0 Å². The van der Waals surface area contributed by atoms with Crippen molar-refractivity contribution in [2.24, 2.45) is 0 Å². The standard InChI is InChI=1S/C41H70O6/c1-3-5-7-9-11-12-13-14-15-16-17-18-22-26-30-34-40(44)46-36-39(43)37-47-41(45)35-31-27-23-20-19-21-25-29-33-38(42)32-28-24-10-8-6-4-2/h6,8,20-21,23-25,28-29,33,38-39,42-43H,3-5,7,9-19,22,26-27,30-32,34-37H2,1-2H3/b8-6-,23-20-,25-21-,28-24-,33-29+/t38?,39-/m0/s1. The normalized spacial score (nSPS) is 13.5. The molecule has 0 aliphatic carbocycles.